The molecule has 196 valence electrons. The molecule has 0 saturated carbocycles. The molecular weight excluding hydrogens is 555 g/mol. The Morgan fingerprint density at radius 3 is 2.00 bits per heavy atom. The van der Waals surface area contributed by atoms with Crippen molar-refractivity contribution in [2.24, 2.45) is 0 Å². The summed E-state index contributed by atoms with van der Waals surface area (Å²) in [6.45, 7) is 1.86. The summed E-state index contributed by atoms with van der Waals surface area (Å²) < 4.78 is 67.9. The predicted octanol–water partition coefficient (Wildman–Crippen LogP) is 0.554. The van der Waals surface area contributed by atoms with Gasteiger partial charge < -0.3 is 9.87 Å². The number of carbonyl (C=O) groups is 2. The van der Waals surface area contributed by atoms with Crippen LogP contribution in [0.1, 0.15) is 32.7 Å². The van der Waals surface area contributed by atoms with Crippen LogP contribution in [-0.2, 0) is 20.2 Å². The van der Waals surface area contributed by atoms with E-state index in [1.54, 1.807) is 31.2 Å². The van der Waals surface area contributed by atoms with E-state index in [-0.39, 0.29) is 53.7 Å². The van der Waals surface area contributed by atoms with Crippen molar-refractivity contribution < 1.29 is 65.1 Å². The molecule has 1 heterocycles. The third kappa shape index (κ3) is 5.46. The maximum atomic E-state index is 13.1. The van der Waals surface area contributed by atoms with Gasteiger partial charge in [-0.15, -0.1) is 0 Å². The molecule has 2 amide bonds. The zero-order valence-corrected chi connectivity index (χ0v) is 24.6. The average molecular weight is 577 g/mol. The third-order valence-corrected chi connectivity index (χ3v) is 8.15. The summed E-state index contributed by atoms with van der Waals surface area (Å²) in [7, 11) is -9.46. The van der Waals surface area contributed by atoms with Crippen LogP contribution in [0, 0.1) is 6.92 Å². The van der Waals surface area contributed by atoms with Crippen LogP contribution < -0.4 is 34.9 Å². The standard InChI is InChI=1S/C26H22N2O8S2.Na/c1-15-11-18(37(31,32)33)12-17-13-19(38(34,35)36)14-22(23(15)17)27-9-4-10-28-25(29)20-7-2-5-16-6-3-8-21(24(16)20)26(28)30;/h2-3,5-8,11-14,27H,4,9-10H2,1H3,(H,31,32,33)(H,34,35,36);/q;+1/p-1. The van der Waals surface area contributed by atoms with E-state index in [0.29, 0.717) is 33.9 Å². The first-order valence-corrected chi connectivity index (χ1v) is 14.3. The molecule has 0 fully saturated rings. The van der Waals surface area contributed by atoms with E-state index < -0.39 is 41.8 Å². The minimum absolute atomic E-state index is 0. The number of nitrogens with zero attached hydrogens (tertiary/aromatic N) is 1. The third-order valence-electron chi connectivity index (χ3n) is 6.51. The summed E-state index contributed by atoms with van der Waals surface area (Å²) in [6, 6.07) is 15.1. The number of hydrogen-bond donors (Lipinski definition) is 2. The summed E-state index contributed by atoms with van der Waals surface area (Å²) >= 11 is 0. The Bertz CT molecular complexity index is 1830. The normalized spacial score (nSPS) is 13.6. The van der Waals surface area contributed by atoms with E-state index in [0.717, 1.165) is 17.5 Å². The first-order chi connectivity index (χ1) is 17.9. The maximum absolute atomic E-state index is 13.1. The first-order valence-electron chi connectivity index (χ1n) is 11.5. The summed E-state index contributed by atoms with van der Waals surface area (Å²) in [5, 5.41) is 5.07. The van der Waals surface area contributed by atoms with Gasteiger partial charge in [-0.1, -0.05) is 24.3 Å². The smallest absolute Gasteiger partial charge is 0.744 e. The maximum Gasteiger partial charge on any atom is 1.00 e. The molecule has 0 aliphatic carbocycles. The van der Waals surface area contributed by atoms with Gasteiger partial charge in [0.2, 0.25) is 0 Å². The SMILES string of the molecule is Cc1cc(S(=O)(=O)[O-])cc2cc(S(=O)(=O)O)cc(NCCCN3C(=O)c4cccc5cccc(c45)C3=O)c12.[Na+]. The molecule has 10 nitrogen and oxygen atoms in total. The van der Waals surface area contributed by atoms with Crippen LogP contribution in [0.4, 0.5) is 5.69 Å². The number of hydrogen-bond acceptors (Lipinski definition) is 8. The molecule has 0 atom stereocenters. The van der Waals surface area contributed by atoms with Crippen molar-refractivity contribution in [3.8, 4) is 0 Å². The zero-order valence-electron chi connectivity index (χ0n) is 21.0. The fourth-order valence-corrected chi connectivity index (χ4v) is 5.98. The van der Waals surface area contributed by atoms with Gasteiger partial charge in [-0.2, -0.15) is 8.42 Å². The number of amides is 2. The van der Waals surface area contributed by atoms with Gasteiger partial charge in [-0.05, 0) is 66.1 Å². The fraction of sp³-hybridized carbons (Fsp3) is 0.154. The van der Waals surface area contributed by atoms with Gasteiger partial charge in [0, 0.05) is 40.7 Å². The van der Waals surface area contributed by atoms with Crippen molar-refractivity contribution in [2.75, 3.05) is 18.4 Å². The molecule has 5 rings (SSSR count). The Hall–Kier alpha value is -2.84. The van der Waals surface area contributed by atoms with Crippen molar-refractivity contribution in [2.45, 2.75) is 23.1 Å². The minimum atomic E-state index is -4.81. The van der Waals surface area contributed by atoms with E-state index in [1.807, 2.05) is 12.1 Å². The number of rotatable bonds is 7. The second kappa shape index (κ2) is 10.6. The molecule has 1 aliphatic rings. The molecule has 4 aromatic carbocycles. The van der Waals surface area contributed by atoms with Gasteiger partial charge in [0.1, 0.15) is 10.1 Å². The van der Waals surface area contributed by atoms with E-state index in [1.165, 1.54) is 17.0 Å². The fourth-order valence-electron chi connectivity index (χ4n) is 4.85. The minimum Gasteiger partial charge on any atom is -0.744 e. The van der Waals surface area contributed by atoms with Crippen molar-refractivity contribution in [1.82, 2.24) is 4.90 Å². The molecule has 0 bridgehead atoms. The zero-order chi connectivity index (χ0) is 27.4. The number of fused-ring (bicyclic) bond motifs is 1. The summed E-state index contributed by atoms with van der Waals surface area (Å²) in [5.74, 6) is -0.805. The monoisotopic (exact) mass is 576 g/mol. The van der Waals surface area contributed by atoms with Crippen molar-refractivity contribution in [1.29, 1.82) is 0 Å². The van der Waals surface area contributed by atoms with Gasteiger partial charge in [0.05, 0.1) is 9.79 Å². The largest absolute Gasteiger partial charge is 1.00 e. The van der Waals surface area contributed by atoms with Crippen LogP contribution in [0.15, 0.2) is 70.5 Å². The molecule has 0 aromatic heterocycles. The molecule has 13 heteroatoms. The Balaban J connectivity index is 0.00000353. The predicted molar refractivity (Wildman–Crippen MR) is 139 cm³/mol. The van der Waals surface area contributed by atoms with E-state index in [9.17, 15) is 35.5 Å². The summed E-state index contributed by atoms with van der Waals surface area (Å²) in [4.78, 5) is 26.3. The summed E-state index contributed by atoms with van der Waals surface area (Å²) in [5.41, 5.74) is 1.55. The van der Waals surface area contributed by atoms with Crippen molar-refractivity contribution in [3.63, 3.8) is 0 Å². The molecule has 4 aromatic rings. The molecule has 0 radical (unpaired) electrons. The second-order valence-electron chi connectivity index (χ2n) is 8.99. The molecular formula is C26H21N2NaO8S2. The van der Waals surface area contributed by atoms with Gasteiger partial charge in [-0.3, -0.25) is 19.0 Å². The number of benzene rings is 4. The topological polar surface area (TPSA) is 161 Å². The van der Waals surface area contributed by atoms with Crippen molar-refractivity contribution in [3.05, 3.63) is 77.4 Å². The molecule has 1 aliphatic heterocycles. The van der Waals surface area contributed by atoms with Crippen LogP contribution in [-0.4, -0.2) is 55.7 Å². The number of carbonyl (C=O) groups excluding carboxylic acids is 2. The van der Waals surface area contributed by atoms with Crippen molar-refractivity contribution >= 4 is 59.3 Å². The van der Waals surface area contributed by atoms with Crippen LogP contribution in [0.2, 0.25) is 0 Å². The van der Waals surface area contributed by atoms with Gasteiger partial charge >= 0.3 is 29.6 Å². The first kappa shape index (κ1) is 29.2. The number of aryl methyl sites for hydroxylation is 1. The molecule has 39 heavy (non-hydrogen) atoms. The van der Waals surface area contributed by atoms with Gasteiger partial charge in [-0.25, -0.2) is 8.42 Å². The Labute approximate surface area is 246 Å². The average Bonchev–Trinajstić information content (AvgIpc) is 2.85. The van der Waals surface area contributed by atoms with E-state index in [2.05, 4.69) is 5.32 Å². The van der Waals surface area contributed by atoms with E-state index >= 15 is 0 Å². The molecule has 2 N–H and O–H groups in total. The molecule has 0 spiro atoms. The second-order valence-corrected chi connectivity index (χ2v) is 11.8. The van der Waals surface area contributed by atoms with Crippen LogP contribution in [0.3, 0.4) is 0 Å². The van der Waals surface area contributed by atoms with E-state index in [4.69, 9.17) is 0 Å². The number of nitrogens with one attached hydrogen (secondary N) is 1. The quantitative estimate of drug-likeness (QED) is 0.139. The Kier molecular flexibility index (Phi) is 7.94. The van der Waals surface area contributed by atoms with Gasteiger partial charge in [0.15, 0.2) is 0 Å². The van der Waals surface area contributed by atoms with Gasteiger partial charge in [0.25, 0.3) is 21.9 Å². The molecule has 0 saturated heterocycles. The number of imide groups is 1. The Morgan fingerprint density at radius 1 is 0.846 bits per heavy atom. The van der Waals surface area contributed by atoms with Crippen LogP contribution in [0.5, 0.6) is 0 Å². The van der Waals surface area contributed by atoms with Crippen LogP contribution >= 0.6 is 0 Å². The number of anilines is 1. The Morgan fingerprint density at radius 2 is 1.44 bits per heavy atom. The summed E-state index contributed by atoms with van der Waals surface area (Å²) in [6.07, 6.45) is 0.305. The van der Waals surface area contributed by atoms with Crippen LogP contribution in [0.25, 0.3) is 21.5 Å². The molecule has 0 unspecified atom stereocenters.